The van der Waals surface area contributed by atoms with E-state index in [0.29, 0.717) is 11.4 Å². The second kappa shape index (κ2) is 5.28. The normalized spacial score (nSPS) is 10.1. The van der Waals surface area contributed by atoms with E-state index in [4.69, 9.17) is 5.11 Å². The molecule has 0 fully saturated rings. The fourth-order valence-electron chi connectivity index (χ4n) is 1.21. The summed E-state index contributed by atoms with van der Waals surface area (Å²) in [6, 6.07) is 4.53. The topological polar surface area (TPSA) is 79.3 Å². The zero-order chi connectivity index (χ0) is 13.1. The highest BCUT2D eigenvalue weighted by molar-refractivity contribution is 9.11. The van der Waals surface area contributed by atoms with Crippen molar-refractivity contribution >= 4 is 45.0 Å². The molecule has 0 aliphatic carbocycles. The molecular formula is C11H7BrN2O3S. The molecule has 0 bridgehead atoms. The number of aromatic carboxylic acids is 1. The molecule has 2 N–H and O–H groups in total. The minimum atomic E-state index is -1.05. The fraction of sp³-hybridized carbons (Fsp3) is 0. The van der Waals surface area contributed by atoms with Crippen molar-refractivity contribution in [2.24, 2.45) is 0 Å². The molecule has 0 spiro atoms. The highest BCUT2D eigenvalue weighted by Crippen LogP contribution is 2.21. The number of amides is 1. The van der Waals surface area contributed by atoms with Gasteiger partial charge in [0.2, 0.25) is 0 Å². The maximum Gasteiger partial charge on any atom is 0.337 e. The lowest BCUT2D eigenvalue weighted by Crippen LogP contribution is -2.12. The number of carboxylic acids is 1. The van der Waals surface area contributed by atoms with Crippen LogP contribution in [0.15, 0.2) is 33.6 Å². The molecule has 0 aromatic carbocycles. The summed E-state index contributed by atoms with van der Waals surface area (Å²) >= 11 is 4.68. The van der Waals surface area contributed by atoms with E-state index in [2.05, 4.69) is 26.2 Å². The lowest BCUT2D eigenvalue weighted by molar-refractivity contribution is 0.0696. The molecule has 7 heteroatoms. The van der Waals surface area contributed by atoms with Gasteiger partial charge in [-0.25, -0.2) is 9.78 Å². The predicted molar refractivity (Wildman–Crippen MR) is 71.2 cm³/mol. The number of carboxylic acid groups (broad SMARTS) is 1. The standard InChI is InChI=1S/C11H7BrN2O3S/c12-8-3-7(5-18-8)10(15)14-9-2-1-6(4-13-9)11(16)17/h1-5H,(H,16,17)(H,13,14,15). The zero-order valence-electron chi connectivity index (χ0n) is 8.88. The Morgan fingerprint density at radius 3 is 2.61 bits per heavy atom. The van der Waals surface area contributed by atoms with Crippen LogP contribution in [0, 0.1) is 0 Å². The van der Waals surface area contributed by atoms with Gasteiger partial charge >= 0.3 is 5.97 Å². The maximum absolute atomic E-state index is 11.8. The first kappa shape index (κ1) is 12.7. The summed E-state index contributed by atoms with van der Waals surface area (Å²) in [6.45, 7) is 0. The highest BCUT2D eigenvalue weighted by Gasteiger charge is 2.09. The fourth-order valence-corrected chi connectivity index (χ4v) is 2.35. The number of thiophene rings is 1. The molecule has 5 nitrogen and oxygen atoms in total. The molecule has 0 unspecified atom stereocenters. The molecule has 0 aliphatic rings. The number of aromatic nitrogens is 1. The van der Waals surface area contributed by atoms with Gasteiger partial charge in [0.15, 0.2) is 0 Å². The van der Waals surface area contributed by atoms with Crippen molar-refractivity contribution in [2.45, 2.75) is 0 Å². The van der Waals surface area contributed by atoms with Crippen molar-refractivity contribution in [3.8, 4) is 0 Å². The number of rotatable bonds is 3. The second-order valence-corrected chi connectivity index (χ2v) is 5.62. The first-order chi connectivity index (χ1) is 8.56. The zero-order valence-corrected chi connectivity index (χ0v) is 11.3. The van der Waals surface area contributed by atoms with Crippen molar-refractivity contribution in [1.29, 1.82) is 0 Å². The van der Waals surface area contributed by atoms with E-state index in [-0.39, 0.29) is 11.5 Å². The number of halogens is 1. The largest absolute Gasteiger partial charge is 0.478 e. The summed E-state index contributed by atoms with van der Waals surface area (Å²) in [7, 11) is 0. The third-order valence-electron chi connectivity index (χ3n) is 2.08. The number of carbonyl (C=O) groups excluding carboxylic acids is 1. The first-order valence-corrected chi connectivity index (χ1v) is 6.48. The Bertz CT molecular complexity index is 595. The van der Waals surface area contributed by atoms with E-state index in [0.717, 1.165) is 3.79 Å². The van der Waals surface area contributed by atoms with Crippen LogP contribution >= 0.6 is 27.3 Å². The van der Waals surface area contributed by atoms with Gasteiger partial charge in [-0.15, -0.1) is 11.3 Å². The lowest BCUT2D eigenvalue weighted by atomic mass is 10.3. The molecule has 0 aliphatic heterocycles. The van der Waals surface area contributed by atoms with Crippen LogP contribution < -0.4 is 5.32 Å². The third kappa shape index (κ3) is 2.93. The molecule has 18 heavy (non-hydrogen) atoms. The van der Waals surface area contributed by atoms with E-state index in [1.165, 1.54) is 29.7 Å². The molecule has 2 aromatic rings. The van der Waals surface area contributed by atoms with Gasteiger partial charge in [-0.3, -0.25) is 4.79 Å². The van der Waals surface area contributed by atoms with Gasteiger partial charge < -0.3 is 10.4 Å². The summed E-state index contributed by atoms with van der Waals surface area (Å²) in [5, 5.41) is 13.0. The first-order valence-electron chi connectivity index (χ1n) is 4.81. The SMILES string of the molecule is O=C(O)c1ccc(NC(=O)c2csc(Br)c2)nc1. The van der Waals surface area contributed by atoms with E-state index in [9.17, 15) is 9.59 Å². The molecule has 0 saturated heterocycles. The van der Waals surface area contributed by atoms with Gasteiger partial charge in [-0.1, -0.05) is 0 Å². The van der Waals surface area contributed by atoms with Crippen LogP contribution in [0.5, 0.6) is 0 Å². The smallest absolute Gasteiger partial charge is 0.337 e. The van der Waals surface area contributed by atoms with Crippen LogP contribution in [0.3, 0.4) is 0 Å². The van der Waals surface area contributed by atoms with Crippen LogP contribution in [0.2, 0.25) is 0 Å². The Morgan fingerprint density at radius 2 is 2.11 bits per heavy atom. The molecular weight excluding hydrogens is 320 g/mol. The van der Waals surface area contributed by atoms with E-state index < -0.39 is 5.97 Å². The van der Waals surface area contributed by atoms with E-state index in [1.807, 2.05) is 0 Å². The van der Waals surface area contributed by atoms with Crippen LogP contribution in [-0.4, -0.2) is 22.0 Å². The van der Waals surface area contributed by atoms with Gasteiger partial charge in [0.1, 0.15) is 5.82 Å². The molecule has 2 rings (SSSR count). The van der Waals surface area contributed by atoms with Gasteiger partial charge in [0.25, 0.3) is 5.91 Å². The third-order valence-corrected chi connectivity index (χ3v) is 3.59. The van der Waals surface area contributed by atoms with Crippen LogP contribution in [-0.2, 0) is 0 Å². The second-order valence-electron chi connectivity index (χ2n) is 3.33. The van der Waals surface area contributed by atoms with E-state index in [1.54, 1.807) is 11.4 Å². The Balaban J connectivity index is 2.10. The average molecular weight is 327 g/mol. The van der Waals surface area contributed by atoms with Gasteiger partial charge in [-0.2, -0.15) is 0 Å². The van der Waals surface area contributed by atoms with Crippen LogP contribution in [0.4, 0.5) is 5.82 Å². The molecule has 0 atom stereocenters. The maximum atomic E-state index is 11.8. The Morgan fingerprint density at radius 1 is 1.33 bits per heavy atom. The van der Waals surface area contributed by atoms with Gasteiger partial charge in [0.05, 0.1) is 14.9 Å². The van der Waals surface area contributed by atoms with Gasteiger partial charge in [0, 0.05) is 11.6 Å². The summed E-state index contributed by atoms with van der Waals surface area (Å²) in [5.74, 6) is -1.03. The van der Waals surface area contributed by atoms with Crippen LogP contribution in [0.25, 0.3) is 0 Å². The Kier molecular flexibility index (Phi) is 3.73. The molecule has 0 radical (unpaired) electrons. The number of carbonyl (C=O) groups is 2. The molecule has 2 heterocycles. The highest BCUT2D eigenvalue weighted by atomic mass is 79.9. The molecule has 1 amide bonds. The number of nitrogens with one attached hydrogen (secondary N) is 1. The average Bonchev–Trinajstić information content (AvgIpc) is 2.76. The number of pyridine rings is 1. The van der Waals surface area contributed by atoms with Crippen molar-refractivity contribution < 1.29 is 14.7 Å². The monoisotopic (exact) mass is 326 g/mol. The van der Waals surface area contributed by atoms with Crippen molar-refractivity contribution in [1.82, 2.24) is 4.98 Å². The molecule has 2 aromatic heterocycles. The Labute approximate surface area is 115 Å². The number of hydrogen-bond donors (Lipinski definition) is 2. The quantitative estimate of drug-likeness (QED) is 0.908. The van der Waals surface area contributed by atoms with Gasteiger partial charge in [-0.05, 0) is 34.1 Å². The lowest BCUT2D eigenvalue weighted by Gasteiger charge is -2.02. The van der Waals surface area contributed by atoms with Crippen LogP contribution in [0.1, 0.15) is 20.7 Å². The Hall–Kier alpha value is -1.73. The number of hydrogen-bond acceptors (Lipinski definition) is 4. The summed E-state index contributed by atoms with van der Waals surface area (Å²) in [6.07, 6.45) is 1.20. The van der Waals surface area contributed by atoms with Crippen molar-refractivity contribution in [2.75, 3.05) is 5.32 Å². The molecule has 0 saturated carbocycles. The minimum Gasteiger partial charge on any atom is -0.478 e. The summed E-state index contributed by atoms with van der Waals surface area (Å²) in [4.78, 5) is 26.2. The number of nitrogens with zero attached hydrogens (tertiary/aromatic N) is 1. The van der Waals surface area contributed by atoms with E-state index >= 15 is 0 Å². The summed E-state index contributed by atoms with van der Waals surface area (Å²) in [5.41, 5.74) is 0.599. The molecule has 92 valence electrons. The van der Waals surface area contributed by atoms with Crippen molar-refractivity contribution in [3.63, 3.8) is 0 Å². The summed E-state index contributed by atoms with van der Waals surface area (Å²) < 4.78 is 0.863. The number of anilines is 1. The minimum absolute atomic E-state index is 0.0753. The predicted octanol–water partition coefficient (Wildman–Crippen LogP) is 2.86. The van der Waals surface area contributed by atoms with Crippen molar-refractivity contribution in [3.05, 3.63) is 44.7 Å².